The predicted octanol–water partition coefficient (Wildman–Crippen LogP) is 2.47. The lowest BCUT2D eigenvalue weighted by Crippen LogP contribution is -2.43. The Morgan fingerprint density at radius 2 is 1.62 bits per heavy atom. The molecule has 0 aliphatic heterocycles. The zero-order valence-electron chi connectivity index (χ0n) is 11.2. The molecule has 2 N–H and O–H groups in total. The molecule has 0 aliphatic rings. The van der Waals surface area contributed by atoms with Gasteiger partial charge in [0, 0.05) is 18.6 Å². The van der Waals surface area contributed by atoms with E-state index in [1.807, 2.05) is 0 Å². The molecule has 1 rings (SSSR count). The first kappa shape index (κ1) is 13.2. The molecule has 0 amide bonds. The molecule has 0 saturated heterocycles. The molecule has 2 nitrogen and oxygen atoms in total. The minimum atomic E-state index is -0.131. The van der Waals surface area contributed by atoms with Crippen molar-refractivity contribution in [2.75, 3.05) is 13.6 Å². The van der Waals surface area contributed by atoms with Crippen molar-refractivity contribution in [3.05, 3.63) is 34.9 Å². The Hall–Kier alpha value is -0.860. The van der Waals surface area contributed by atoms with Gasteiger partial charge in [-0.3, -0.25) is 0 Å². The molecule has 0 fully saturated rings. The molecule has 0 spiro atoms. The van der Waals surface area contributed by atoms with Crippen LogP contribution in [0.25, 0.3) is 0 Å². The van der Waals surface area contributed by atoms with Crippen LogP contribution in [-0.4, -0.2) is 24.0 Å². The number of benzene rings is 1. The number of aryl methyl sites for hydroxylation is 2. The largest absolute Gasteiger partial charge is 0.324 e. The summed E-state index contributed by atoms with van der Waals surface area (Å²) in [7, 11) is 2.12. The molecule has 2 heteroatoms. The Labute approximate surface area is 99.5 Å². The zero-order valence-corrected chi connectivity index (χ0v) is 11.2. The molecule has 1 aromatic rings. The van der Waals surface area contributed by atoms with E-state index in [0.29, 0.717) is 0 Å². The van der Waals surface area contributed by atoms with Gasteiger partial charge in [0.2, 0.25) is 0 Å². The molecule has 0 atom stereocenters. The summed E-state index contributed by atoms with van der Waals surface area (Å²) in [6.07, 6.45) is 0. The third kappa shape index (κ3) is 4.77. The topological polar surface area (TPSA) is 29.3 Å². The third-order valence-corrected chi connectivity index (χ3v) is 2.41. The standard InChI is InChI=1S/C14H24N2/c1-11-6-12(2)8-13(7-11)9-16(5)10-14(3,4)15/h6-8H,9-10,15H2,1-5H3. The van der Waals surface area contributed by atoms with Gasteiger partial charge < -0.3 is 10.6 Å². The summed E-state index contributed by atoms with van der Waals surface area (Å²) in [6.45, 7) is 10.3. The second kappa shape index (κ2) is 4.98. The average Bonchev–Trinajstić information content (AvgIpc) is 1.96. The number of nitrogens with zero attached hydrogens (tertiary/aromatic N) is 1. The second-order valence-corrected chi connectivity index (χ2v) is 5.66. The van der Waals surface area contributed by atoms with Crippen LogP contribution < -0.4 is 5.73 Å². The van der Waals surface area contributed by atoms with E-state index >= 15 is 0 Å². The molecule has 0 bridgehead atoms. The fraction of sp³-hybridized carbons (Fsp3) is 0.571. The maximum atomic E-state index is 6.01. The van der Waals surface area contributed by atoms with Crippen molar-refractivity contribution in [3.8, 4) is 0 Å². The van der Waals surface area contributed by atoms with E-state index in [-0.39, 0.29) is 5.54 Å². The molecule has 0 aromatic heterocycles. The van der Waals surface area contributed by atoms with Gasteiger partial charge in [0.25, 0.3) is 0 Å². The van der Waals surface area contributed by atoms with Gasteiger partial charge in [-0.1, -0.05) is 29.3 Å². The molecule has 0 unspecified atom stereocenters. The van der Waals surface area contributed by atoms with Crippen molar-refractivity contribution in [3.63, 3.8) is 0 Å². The van der Waals surface area contributed by atoms with E-state index in [9.17, 15) is 0 Å². The van der Waals surface area contributed by atoms with Gasteiger partial charge in [-0.05, 0) is 40.3 Å². The quantitative estimate of drug-likeness (QED) is 0.844. The van der Waals surface area contributed by atoms with Crippen molar-refractivity contribution in [1.82, 2.24) is 4.90 Å². The fourth-order valence-electron chi connectivity index (χ4n) is 2.22. The minimum Gasteiger partial charge on any atom is -0.324 e. The highest BCUT2D eigenvalue weighted by molar-refractivity contribution is 5.28. The molecule has 0 aliphatic carbocycles. The summed E-state index contributed by atoms with van der Waals surface area (Å²) in [5.74, 6) is 0. The van der Waals surface area contributed by atoms with E-state index in [4.69, 9.17) is 5.73 Å². The molecule has 90 valence electrons. The summed E-state index contributed by atoms with van der Waals surface area (Å²) in [5.41, 5.74) is 9.90. The lowest BCUT2D eigenvalue weighted by atomic mass is 10.0. The van der Waals surface area contributed by atoms with Gasteiger partial charge in [-0.25, -0.2) is 0 Å². The first-order chi connectivity index (χ1) is 7.26. The molecular weight excluding hydrogens is 196 g/mol. The van der Waals surface area contributed by atoms with Crippen LogP contribution in [0.3, 0.4) is 0 Å². The van der Waals surface area contributed by atoms with Crippen molar-refractivity contribution < 1.29 is 0 Å². The van der Waals surface area contributed by atoms with Gasteiger partial charge in [-0.15, -0.1) is 0 Å². The number of nitrogens with two attached hydrogens (primary N) is 1. The van der Waals surface area contributed by atoms with Crippen molar-refractivity contribution in [2.45, 2.75) is 39.8 Å². The summed E-state index contributed by atoms with van der Waals surface area (Å²) in [5, 5.41) is 0. The number of hydrogen-bond donors (Lipinski definition) is 1. The highest BCUT2D eigenvalue weighted by atomic mass is 15.1. The van der Waals surface area contributed by atoms with Crippen LogP contribution in [-0.2, 0) is 6.54 Å². The number of hydrogen-bond acceptors (Lipinski definition) is 2. The van der Waals surface area contributed by atoms with E-state index in [2.05, 4.69) is 57.8 Å². The molecule has 0 heterocycles. The fourth-order valence-corrected chi connectivity index (χ4v) is 2.22. The van der Waals surface area contributed by atoms with E-state index < -0.39 is 0 Å². The smallest absolute Gasteiger partial charge is 0.0231 e. The van der Waals surface area contributed by atoms with Crippen molar-refractivity contribution in [2.24, 2.45) is 5.73 Å². The molecular formula is C14H24N2. The van der Waals surface area contributed by atoms with Crippen LogP contribution in [0, 0.1) is 13.8 Å². The van der Waals surface area contributed by atoms with Crippen LogP contribution in [0.1, 0.15) is 30.5 Å². The molecule has 1 aromatic carbocycles. The molecule has 16 heavy (non-hydrogen) atoms. The van der Waals surface area contributed by atoms with Gasteiger partial charge in [0.15, 0.2) is 0 Å². The molecule has 0 saturated carbocycles. The maximum absolute atomic E-state index is 6.01. The highest BCUT2D eigenvalue weighted by Crippen LogP contribution is 2.11. The third-order valence-electron chi connectivity index (χ3n) is 2.41. The first-order valence-electron chi connectivity index (χ1n) is 5.81. The Morgan fingerprint density at radius 1 is 1.12 bits per heavy atom. The first-order valence-corrected chi connectivity index (χ1v) is 5.81. The van der Waals surface area contributed by atoms with Crippen LogP contribution in [0.4, 0.5) is 0 Å². The van der Waals surface area contributed by atoms with Gasteiger partial charge in [-0.2, -0.15) is 0 Å². The Morgan fingerprint density at radius 3 is 2.06 bits per heavy atom. The Bertz CT molecular complexity index is 330. The summed E-state index contributed by atoms with van der Waals surface area (Å²) >= 11 is 0. The van der Waals surface area contributed by atoms with E-state index in [1.54, 1.807) is 0 Å². The second-order valence-electron chi connectivity index (χ2n) is 5.66. The van der Waals surface area contributed by atoms with E-state index in [0.717, 1.165) is 13.1 Å². The molecule has 0 radical (unpaired) electrons. The monoisotopic (exact) mass is 220 g/mol. The van der Waals surface area contributed by atoms with Gasteiger partial charge in [0.1, 0.15) is 0 Å². The highest BCUT2D eigenvalue weighted by Gasteiger charge is 2.13. The van der Waals surface area contributed by atoms with Crippen LogP contribution >= 0.6 is 0 Å². The summed E-state index contributed by atoms with van der Waals surface area (Å²) < 4.78 is 0. The van der Waals surface area contributed by atoms with Crippen LogP contribution in [0.5, 0.6) is 0 Å². The van der Waals surface area contributed by atoms with Crippen molar-refractivity contribution >= 4 is 0 Å². The maximum Gasteiger partial charge on any atom is 0.0231 e. The summed E-state index contributed by atoms with van der Waals surface area (Å²) in [6, 6.07) is 6.69. The predicted molar refractivity (Wildman–Crippen MR) is 70.5 cm³/mol. The van der Waals surface area contributed by atoms with Crippen LogP contribution in [0.2, 0.25) is 0 Å². The number of likely N-dealkylation sites (N-methyl/N-ethyl adjacent to an activating group) is 1. The normalized spacial score (nSPS) is 12.2. The van der Waals surface area contributed by atoms with Crippen molar-refractivity contribution in [1.29, 1.82) is 0 Å². The average molecular weight is 220 g/mol. The Kier molecular flexibility index (Phi) is 4.11. The number of rotatable bonds is 4. The van der Waals surface area contributed by atoms with Gasteiger partial charge >= 0.3 is 0 Å². The van der Waals surface area contributed by atoms with E-state index in [1.165, 1.54) is 16.7 Å². The minimum absolute atomic E-state index is 0.131. The SMILES string of the molecule is Cc1cc(C)cc(CN(C)CC(C)(C)N)c1. The summed E-state index contributed by atoms with van der Waals surface area (Å²) in [4.78, 5) is 2.27. The Balaban J connectivity index is 2.66. The lowest BCUT2D eigenvalue weighted by Gasteiger charge is -2.26. The van der Waals surface area contributed by atoms with Crippen LogP contribution in [0.15, 0.2) is 18.2 Å². The lowest BCUT2D eigenvalue weighted by molar-refractivity contribution is 0.263. The zero-order chi connectivity index (χ0) is 12.3. The van der Waals surface area contributed by atoms with Gasteiger partial charge in [0.05, 0.1) is 0 Å².